The third-order valence-electron chi connectivity index (χ3n) is 2.82. The Morgan fingerprint density at radius 2 is 2.25 bits per heavy atom. The SMILES string of the molecule is O=CC1=C2CC(=C1)C1=C2C=CC1. The Labute approximate surface area is 70.8 Å². The minimum Gasteiger partial charge on any atom is -0.298 e. The first-order chi connectivity index (χ1) is 5.90. The van der Waals surface area contributed by atoms with Crippen LogP contribution < -0.4 is 0 Å². The molecule has 0 fully saturated rings. The zero-order valence-electron chi connectivity index (χ0n) is 6.63. The van der Waals surface area contributed by atoms with Gasteiger partial charge in [-0.3, -0.25) is 4.79 Å². The Hall–Kier alpha value is -1.37. The van der Waals surface area contributed by atoms with Crippen molar-refractivity contribution in [2.75, 3.05) is 0 Å². The van der Waals surface area contributed by atoms with Gasteiger partial charge in [-0.15, -0.1) is 0 Å². The maximum Gasteiger partial charge on any atom is 0.150 e. The summed E-state index contributed by atoms with van der Waals surface area (Å²) in [5, 5.41) is 0. The quantitative estimate of drug-likeness (QED) is 0.531. The molecule has 0 saturated heterocycles. The molecule has 12 heavy (non-hydrogen) atoms. The molecular formula is C11H8O. The fourth-order valence-corrected chi connectivity index (χ4v) is 2.26. The molecule has 0 aromatic rings. The van der Waals surface area contributed by atoms with Crippen molar-refractivity contribution >= 4 is 6.29 Å². The van der Waals surface area contributed by atoms with Crippen LogP contribution in [-0.4, -0.2) is 6.29 Å². The number of carbonyl (C=O) groups excluding carboxylic acids is 1. The Morgan fingerprint density at radius 1 is 1.33 bits per heavy atom. The summed E-state index contributed by atoms with van der Waals surface area (Å²) in [6, 6.07) is 0. The van der Waals surface area contributed by atoms with Crippen molar-refractivity contribution in [3.8, 4) is 0 Å². The zero-order chi connectivity index (χ0) is 8.13. The summed E-state index contributed by atoms with van der Waals surface area (Å²) < 4.78 is 0. The highest BCUT2D eigenvalue weighted by atomic mass is 16.1. The van der Waals surface area contributed by atoms with E-state index in [2.05, 4.69) is 12.2 Å². The van der Waals surface area contributed by atoms with Gasteiger partial charge in [0.25, 0.3) is 0 Å². The molecule has 0 aliphatic heterocycles. The summed E-state index contributed by atoms with van der Waals surface area (Å²) in [6.07, 6.45) is 9.39. The van der Waals surface area contributed by atoms with Gasteiger partial charge in [-0.05, 0) is 41.2 Å². The van der Waals surface area contributed by atoms with Crippen molar-refractivity contribution in [3.05, 3.63) is 46.1 Å². The normalized spacial score (nSPS) is 23.8. The molecule has 58 valence electrons. The minimum atomic E-state index is 0.898. The second kappa shape index (κ2) is 1.86. The second-order valence-corrected chi connectivity index (χ2v) is 3.40. The first kappa shape index (κ1) is 6.18. The van der Waals surface area contributed by atoms with E-state index in [9.17, 15) is 4.79 Å². The molecule has 3 aliphatic carbocycles. The van der Waals surface area contributed by atoms with Crippen LogP contribution in [0.3, 0.4) is 0 Å². The fraction of sp³-hybridized carbons (Fsp3) is 0.182. The molecule has 0 aromatic heterocycles. The summed E-state index contributed by atoms with van der Waals surface area (Å²) in [5.41, 5.74) is 6.30. The van der Waals surface area contributed by atoms with Crippen LogP contribution in [0.5, 0.6) is 0 Å². The number of hydrogen-bond acceptors (Lipinski definition) is 1. The van der Waals surface area contributed by atoms with E-state index in [4.69, 9.17) is 0 Å². The van der Waals surface area contributed by atoms with Gasteiger partial charge in [-0.2, -0.15) is 0 Å². The van der Waals surface area contributed by atoms with E-state index in [0.717, 1.165) is 24.7 Å². The van der Waals surface area contributed by atoms with Crippen molar-refractivity contribution in [1.82, 2.24) is 0 Å². The first-order valence-corrected chi connectivity index (χ1v) is 4.19. The van der Waals surface area contributed by atoms with Crippen LogP contribution in [0.1, 0.15) is 12.8 Å². The van der Waals surface area contributed by atoms with E-state index >= 15 is 0 Å². The molecule has 0 aromatic carbocycles. The van der Waals surface area contributed by atoms with Crippen molar-refractivity contribution in [3.63, 3.8) is 0 Å². The molecule has 0 unspecified atom stereocenters. The first-order valence-electron chi connectivity index (χ1n) is 4.19. The third kappa shape index (κ3) is 0.536. The number of aldehydes is 1. The van der Waals surface area contributed by atoms with E-state index in [0.29, 0.717) is 0 Å². The summed E-state index contributed by atoms with van der Waals surface area (Å²) in [6.45, 7) is 0. The molecule has 3 rings (SSSR count). The van der Waals surface area contributed by atoms with E-state index in [1.54, 1.807) is 0 Å². The van der Waals surface area contributed by atoms with Gasteiger partial charge in [0.15, 0.2) is 0 Å². The van der Waals surface area contributed by atoms with Crippen LogP contribution in [0.15, 0.2) is 46.1 Å². The molecule has 0 amide bonds. The monoisotopic (exact) mass is 156 g/mol. The van der Waals surface area contributed by atoms with E-state index < -0.39 is 0 Å². The van der Waals surface area contributed by atoms with Gasteiger partial charge in [-0.1, -0.05) is 12.2 Å². The summed E-state index contributed by atoms with van der Waals surface area (Å²) in [4.78, 5) is 10.6. The van der Waals surface area contributed by atoms with Crippen LogP contribution in [-0.2, 0) is 4.79 Å². The van der Waals surface area contributed by atoms with Gasteiger partial charge in [-0.25, -0.2) is 0 Å². The Balaban J connectivity index is 2.26. The smallest absolute Gasteiger partial charge is 0.150 e. The van der Waals surface area contributed by atoms with Crippen LogP contribution >= 0.6 is 0 Å². The maximum absolute atomic E-state index is 10.6. The van der Waals surface area contributed by atoms with Crippen molar-refractivity contribution in [2.24, 2.45) is 0 Å². The molecule has 1 nitrogen and oxygen atoms in total. The average molecular weight is 156 g/mol. The lowest BCUT2D eigenvalue weighted by atomic mass is 10.0. The van der Waals surface area contributed by atoms with Gasteiger partial charge < -0.3 is 0 Å². The van der Waals surface area contributed by atoms with Crippen LogP contribution in [0.4, 0.5) is 0 Å². The molecule has 0 saturated carbocycles. The highest BCUT2D eigenvalue weighted by Crippen LogP contribution is 2.47. The predicted molar refractivity (Wildman–Crippen MR) is 46.6 cm³/mol. The van der Waals surface area contributed by atoms with Gasteiger partial charge in [0.1, 0.15) is 6.29 Å². The number of allylic oxidation sites excluding steroid dienone is 8. The number of rotatable bonds is 1. The van der Waals surface area contributed by atoms with Gasteiger partial charge >= 0.3 is 0 Å². The van der Waals surface area contributed by atoms with Gasteiger partial charge in [0.2, 0.25) is 0 Å². The van der Waals surface area contributed by atoms with Gasteiger partial charge in [0.05, 0.1) is 0 Å². The summed E-state index contributed by atoms with van der Waals surface area (Å²) >= 11 is 0. The molecule has 0 spiro atoms. The predicted octanol–water partition coefficient (Wildman–Crippen LogP) is 2.08. The van der Waals surface area contributed by atoms with Gasteiger partial charge in [0, 0.05) is 5.57 Å². The highest BCUT2D eigenvalue weighted by molar-refractivity contribution is 5.87. The lowest BCUT2D eigenvalue weighted by Gasteiger charge is -2.02. The number of fused-ring (bicyclic) bond motifs is 4. The lowest BCUT2D eigenvalue weighted by molar-refractivity contribution is -0.104. The lowest BCUT2D eigenvalue weighted by Crippen LogP contribution is -1.89. The third-order valence-corrected chi connectivity index (χ3v) is 2.82. The standard InChI is InChI=1S/C11H8O/c12-6-8-4-7-5-11(8)10-3-1-2-9(7)10/h1,3-4,6H,2,5H2. The Bertz CT molecular complexity index is 403. The van der Waals surface area contributed by atoms with Crippen molar-refractivity contribution < 1.29 is 4.79 Å². The molecule has 2 bridgehead atoms. The van der Waals surface area contributed by atoms with Crippen LogP contribution in [0, 0.1) is 0 Å². The highest BCUT2D eigenvalue weighted by Gasteiger charge is 2.30. The molecule has 0 N–H and O–H groups in total. The van der Waals surface area contributed by atoms with E-state index in [-0.39, 0.29) is 0 Å². The maximum atomic E-state index is 10.6. The second-order valence-electron chi connectivity index (χ2n) is 3.40. The van der Waals surface area contributed by atoms with E-state index in [1.165, 1.54) is 22.3 Å². The molecule has 0 heterocycles. The zero-order valence-corrected chi connectivity index (χ0v) is 6.63. The number of hydrogen-bond donors (Lipinski definition) is 0. The topological polar surface area (TPSA) is 17.1 Å². The molecule has 1 heteroatoms. The Morgan fingerprint density at radius 3 is 3.08 bits per heavy atom. The molecule has 0 radical (unpaired) electrons. The van der Waals surface area contributed by atoms with E-state index in [1.807, 2.05) is 6.08 Å². The summed E-state index contributed by atoms with van der Waals surface area (Å²) in [7, 11) is 0. The minimum absolute atomic E-state index is 0.898. The average Bonchev–Trinajstić information content (AvgIpc) is 2.75. The molecular weight excluding hydrogens is 148 g/mol. The largest absolute Gasteiger partial charge is 0.298 e. The van der Waals surface area contributed by atoms with Crippen LogP contribution in [0.2, 0.25) is 0 Å². The Kier molecular flexibility index (Phi) is 0.959. The van der Waals surface area contributed by atoms with Crippen molar-refractivity contribution in [2.45, 2.75) is 12.8 Å². The van der Waals surface area contributed by atoms with Crippen LogP contribution in [0.25, 0.3) is 0 Å². The molecule has 0 atom stereocenters. The summed E-state index contributed by atoms with van der Waals surface area (Å²) in [5.74, 6) is 0. The van der Waals surface area contributed by atoms with Crippen molar-refractivity contribution in [1.29, 1.82) is 0 Å². The molecule has 3 aliphatic rings. The fourth-order valence-electron chi connectivity index (χ4n) is 2.26. The number of carbonyl (C=O) groups is 1.